The number of methoxy groups -OCH3 is 1. The molecule has 1 atom stereocenters. The molecule has 1 aromatic carbocycles. The Labute approximate surface area is 125 Å². The molecule has 1 aromatic rings. The molecule has 5 heteroatoms. The Balaban J connectivity index is 2.07. The molecule has 0 radical (unpaired) electrons. The molecule has 0 spiro atoms. The normalized spacial score (nSPS) is 18.0. The Morgan fingerprint density at radius 3 is 2.67 bits per heavy atom. The molecule has 0 bridgehead atoms. The minimum atomic E-state index is -0.393. The van der Waals surface area contributed by atoms with Crippen LogP contribution in [0.25, 0.3) is 0 Å². The van der Waals surface area contributed by atoms with Crippen molar-refractivity contribution < 1.29 is 14.3 Å². The SMILES string of the molecule is COC(=O)CN(Cc1ccccc1)C(=O)[C@H]1CCCCN1. The fourth-order valence-corrected chi connectivity index (χ4v) is 2.52. The monoisotopic (exact) mass is 290 g/mol. The summed E-state index contributed by atoms with van der Waals surface area (Å²) in [5, 5.41) is 3.23. The highest BCUT2D eigenvalue weighted by molar-refractivity contribution is 5.85. The maximum Gasteiger partial charge on any atom is 0.325 e. The van der Waals surface area contributed by atoms with E-state index in [4.69, 9.17) is 4.74 Å². The van der Waals surface area contributed by atoms with Gasteiger partial charge in [-0.15, -0.1) is 0 Å². The third-order valence-electron chi connectivity index (χ3n) is 3.68. The lowest BCUT2D eigenvalue weighted by Crippen LogP contribution is -2.49. The highest BCUT2D eigenvalue weighted by Gasteiger charge is 2.27. The van der Waals surface area contributed by atoms with E-state index in [-0.39, 0.29) is 18.5 Å². The van der Waals surface area contributed by atoms with Gasteiger partial charge in [-0.3, -0.25) is 9.59 Å². The Kier molecular flexibility index (Phi) is 5.75. The van der Waals surface area contributed by atoms with E-state index >= 15 is 0 Å². The molecule has 1 N–H and O–H groups in total. The number of hydrogen-bond donors (Lipinski definition) is 1. The van der Waals surface area contributed by atoms with Crippen LogP contribution in [0.2, 0.25) is 0 Å². The number of carbonyl (C=O) groups excluding carboxylic acids is 2. The Bertz CT molecular complexity index is 470. The van der Waals surface area contributed by atoms with Crippen molar-refractivity contribution in [3.63, 3.8) is 0 Å². The van der Waals surface area contributed by atoms with E-state index in [1.165, 1.54) is 7.11 Å². The van der Waals surface area contributed by atoms with Crippen LogP contribution in [-0.4, -0.2) is 43.0 Å². The van der Waals surface area contributed by atoms with Gasteiger partial charge in [0.1, 0.15) is 6.54 Å². The van der Waals surface area contributed by atoms with E-state index < -0.39 is 5.97 Å². The first-order valence-corrected chi connectivity index (χ1v) is 7.33. The van der Waals surface area contributed by atoms with E-state index in [0.29, 0.717) is 6.54 Å². The molecule has 1 amide bonds. The molecule has 1 heterocycles. The predicted octanol–water partition coefficient (Wildman–Crippen LogP) is 1.33. The number of nitrogens with one attached hydrogen (secondary N) is 1. The number of rotatable bonds is 5. The summed E-state index contributed by atoms with van der Waals surface area (Å²) >= 11 is 0. The zero-order valence-electron chi connectivity index (χ0n) is 12.4. The summed E-state index contributed by atoms with van der Waals surface area (Å²) in [4.78, 5) is 25.7. The van der Waals surface area contributed by atoms with Gasteiger partial charge in [-0.25, -0.2) is 0 Å². The Morgan fingerprint density at radius 2 is 2.05 bits per heavy atom. The number of carbonyl (C=O) groups is 2. The van der Waals surface area contributed by atoms with Gasteiger partial charge in [-0.05, 0) is 24.9 Å². The quantitative estimate of drug-likeness (QED) is 0.831. The van der Waals surface area contributed by atoms with Crippen molar-refractivity contribution in [2.75, 3.05) is 20.2 Å². The van der Waals surface area contributed by atoms with Gasteiger partial charge in [0.2, 0.25) is 5.91 Å². The van der Waals surface area contributed by atoms with E-state index in [2.05, 4.69) is 5.32 Å². The molecule has 5 nitrogen and oxygen atoms in total. The first kappa shape index (κ1) is 15.5. The molecule has 0 unspecified atom stereocenters. The first-order chi connectivity index (χ1) is 10.2. The molecule has 114 valence electrons. The minimum Gasteiger partial charge on any atom is -0.468 e. The lowest BCUT2D eigenvalue weighted by atomic mass is 10.0. The first-order valence-electron chi connectivity index (χ1n) is 7.33. The number of nitrogens with zero attached hydrogens (tertiary/aromatic N) is 1. The summed E-state index contributed by atoms with van der Waals surface area (Å²) in [6.07, 6.45) is 2.96. The highest BCUT2D eigenvalue weighted by atomic mass is 16.5. The van der Waals surface area contributed by atoms with Crippen LogP contribution >= 0.6 is 0 Å². The summed E-state index contributed by atoms with van der Waals surface area (Å²) in [6, 6.07) is 9.49. The Morgan fingerprint density at radius 1 is 1.29 bits per heavy atom. The van der Waals surface area contributed by atoms with Crippen molar-refractivity contribution in [3.05, 3.63) is 35.9 Å². The number of hydrogen-bond acceptors (Lipinski definition) is 4. The second-order valence-corrected chi connectivity index (χ2v) is 5.26. The molecule has 0 aromatic heterocycles. The van der Waals surface area contributed by atoms with Crippen LogP contribution in [0.4, 0.5) is 0 Å². The summed E-state index contributed by atoms with van der Waals surface area (Å²) in [6.45, 7) is 1.27. The second kappa shape index (κ2) is 7.78. The zero-order valence-corrected chi connectivity index (χ0v) is 12.4. The van der Waals surface area contributed by atoms with Gasteiger partial charge in [0, 0.05) is 6.54 Å². The molecule has 0 aliphatic carbocycles. The Hall–Kier alpha value is -1.88. The maximum atomic E-state index is 12.6. The fourth-order valence-electron chi connectivity index (χ4n) is 2.52. The highest BCUT2D eigenvalue weighted by Crippen LogP contribution is 2.12. The third-order valence-corrected chi connectivity index (χ3v) is 3.68. The van der Waals surface area contributed by atoms with Gasteiger partial charge >= 0.3 is 5.97 Å². The smallest absolute Gasteiger partial charge is 0.325 e. The molecule has 1 saturated heterocycles. The van der Waals surface area contributed by atoms with Gasteiger partial charge in [-0.1, -0.05) is 36.8 Å². The van der Waals surface area contributed by atoms with Crippen LogP contribution < -0.4 is 5.32 Å². The van der Waals surface area contributed by atoms with Crippen LogP contribution in [0, 0.1) is 0 Å². The largest absolute Gasteiger partial charge is 0.468 e. The predicted molar refractivity (Wildman–Crippen MR) is 79.5 cm³/mol. The van der Waals surface area contributed by atoms with Crippen LogP contribution in [0.5, 0.6) is 0 Å². The average molecular weight is 290 g/mol. The summed E-state index contributed by atoms with van der Waals surface area (Å²) in [5.41, 5.74) is 1.01. The van der Waals surface area contributed by atoms with Crippen molar-refractivity contribution in [1.29, 1.82) is 0 Å². The lowest BCUT2D eigenvalue weighted by molar-refractivity contribution is -0.148. The van der Waals surface area contributed by atoms with Crippen molar-refractivity contribution in [2.24, 2.45) is 0 Å². The maximum absolute atomic E-state index is 12.6. The summed E-state index contributed by atoms with van der Waals surface area (Å²) in [7, 11) is 1.34. The number of ether oxygens (including phenoxy) is 1. The molecule has 2 rings (SSSR count). The van der Waals surface area contributed by atoms with Crippen molar-refractivity contribution in [3.8, 4) is 0 Å². The minimum absolute atomic E-state index is 0.0115. The number of benzene rings is 1. The molecule has 1 aliphatic heterocycles. The molecule has 21 heavy (non-hydrogen) atoms. The van der Waals surface area contributed by atoms with E-state index in [1.807, 2.05) is 30.3 Å². The third kappa shape index (κ3) is 4.56. The number of esters is 1. The van der Waals surface area contributed by atoms with Crippen LogP contribution in [0.1, 0.15) is 24.8 Å². The van der Waals surface area contributed by atoms with E-state index in [0.717, 1.165) is 31.4 Å². The molecular weight excluding hydrogens is 268 g/mol. The van der Waals surface area contributed by atoms with E-state index in [9.17, 15) is 9.59 Å². The van der Waals surface area contributed by atoms with Crippen LogP contribution in [0.3, 0.4) is 0 Å². The average Bonchev–Trinajstić information content (AvgIpc) is 2.55. The van der Waals surface area contributed by atoms with Gasteiger partial charge in [0.15, 0.2) is 0 Å². The molecule has 1 aliphatic rings. The summed E-state index contributed by atoms with van der Waals surface area (Å²) < 4.78 is 4.70. The van der Waals surface area contributed by atoms with Gasteiger partial charge in [-0.2, -0.15) is 0 Å². The molecule has 1 fully saturated rings. The fraction of sp³-hybridized carbons (Fsp3) is 0.500. The molecule has 0 saturated carbocycles. The van der Waals surface area contributed by atoms with E-state index in [1.54, 1.807) is 4.90 Å². The standard InChI is InChI=1S/C16H22N2O3/c1-21-15(19)12-18(11-13-7-3-2-4-8-13)16(20)14-9-5-6-10-17-14/h2-4,7-8,14,17H,5-6,9-12H2,1H3/t14-/m1/s1. The van der Waals surface area contributed by atoms with Crippen LogP contribution in [-0.2, 0) is 20.9 Å². The lowest BCUT2D eigenvalue weighted by Gasteiger charge is -2.29. The van der Waals surface area contributed by atoms with Crippen molar-refractivity contribution >= 4 is 11.9 Å². The van der Waals surface area contributed by atoms with Crippen molar-refractivity contribution in [1.82, 2.24) is 10.2 Å². The van der Waals surface area contributed by atoms with Gasteiger partial charge < -0.3 is 15.0 Å². The second-order valence-electron chi connectivity index (χ2n) is 5.26. The molecular formula is C16H22N2O3. The van der Waals surface area contributed by atoms with Gasteiger partial charge in [0.25, 0.3) is 0 Å². The van der Waals surface area contributed by atoms with Crippen molar-refractivity contribution in [2.45, 2.75) is 31.8 Å². The van der Waals surface area contributed by atoms with Gasteiger partial charge in [0.05, 0.1) is 13.2 Å². The zero-order chi connectivity index (χ0) is 15.1. The van der Waals surface area contributed by atoms with Crippen LogP contribution in [0.15, 0.2) is 30.3 Å². The summed E-state index contributed by atoms with van der Waals surface area (Å²) in [5.74, 6) is -0.418. The number of amides is 1. The number of piperidine rings is 1. The topological polar surface area (TPSA) is 58.6 Å².